The highest BCUT2D eigenvalue weighted by atomic mass is 79.9. The molecule has 0 bridgehead atoms. The van der Waals surface area contributed by atoms with E-state index in [1.807, 2.05) is 51.1 Å². The van der Waals surface area contributed by atoms with Gasteiger partial charge in [0, 0.05) is 22.5 Å². The summed E-state index contributed by atoms with van der Waals surface area (Å²) in [6.07, 6.45) is 12.0. The van der Waals surface area contributed by atoms with Gasteiger partial charge in [0.15, 0.2) is 5.78 Å². The lowest BCUT2D eigenvalue weighted by atomic mass is 10.1. The predicted octanol–water partition coefficient (Wildman–Crippen LogP) is 10.9. The number of ketones is 1. The zero-order chi connectivity index (χ0) is 24.4. The smallest absolute Gasteiger partial charge is 0.164 e. The topological polar surface area (TPSA) is 26.3 Å². The van der Waals surface area contributed by atoms with Crippen LogP contribution in [0.15, 0.2) is 69.6 Å². The largest absolute Gasteiger partial charge is 0.457 e. The van der Waals surface area contributed by atoms with Crippen LogP contribution >= 0.6 is 43.5 Å². The standard InChI is InChI=1S/C15H12BrClO2.C8H16.C4H7Br/c1-2-15(18)13-8-7-12(9-14(13)17)19-11-5-3-10(16)4-6-11;1-3-5-7-8-6-4-2;1-3-4(2)5/h3-9H,2H2,1H3;7-8H,3-6H2,1-2H3;3H,1-2H3/b;8-7+;4-3+. The van der Waals surface area contributed by atoms with E-state index in [0.717, 1.165) is 4.47 Å². The molecule has 0 aliphatic rings. The van der Waals surface area contributed by atoms with Crippen LogP contribution in [0.4, 0.5) is 0 Å². The Hall–Kier alpha value is -1.36. The number of carbonyl (C=O) groups excluding carboxylic acids is 1. The first-order valence-electron chi connectivity index (χ1n) is 11.0. The van der Waals surface area contributed by atoms with Gasteiger partial charge in [-0.25, -0.2) is 0 Å². The third-order valence-electron chi connectivity index (χ3n) is 4.09. The molecule has 5 heteroatoms. The Morgan fingerprint density at radius 3 is 1.88 bits per heavy atom. The SMILES string of the molecule is C/C=C(\C)Br.CCC(=O)c1ccc(Oc2ccc(Br)cc2)cc1Cl.CCC/C=C/CCC. The summed E-state index contributed by atoms with van der Waals surface area (Å²) in [5.41, 5.74) is 0.535. The lowest BCUT2D eigenvalue weighted by Gasteiger charge is -2.08. The van der Waals surface area contributed by atoms with Crippen LogP contribution in [0.25, 0.3) is 0 Å². The molecule has 0 unspecified atom stereocenters. The van der Waals surface area contributed by atoms with Crippen LogP contribution in [0.1, 0.15) is 77.1 Å². The summed E-state index contributed by atoms with van der Waals surface area (Å²) in [6, 6.07) is 12.6. The summed E-state index contributed by atoms with van der Waals surface area (Å²) in [5, 5.41) is 0.418. The Balaban J connectivity index is 0.000000613. The van der Waals surface area contributed by atoms with Crippen molar-refractivity contribution < 1.29 is 9.53 Å². The Morgan fingerprint density at radius 2 is 1.47 bits per heavy atom. The Kier molecular flexibility index (Phi) is 18.3. The molecule has 0 radical (unpaired) electrons. The molecule has 0 aromatic heterocycles. The average Bonchev–Trinajstić information content (AvgIpc) is 2.79. The van der Waals surface area contributed by atoms with Gasteiger partial charge in [0.05, 0.1) is 5.02 Å². The average molecular weight is 587 g/mol. The maximum atomic E-state index is 11.6. The zero-order valence-electron chi connectivity index (χ0n) is 19.8. The lowest BCUT2D eigenvalue weighted by molar-refractivity contribution is 0.0988. The number of halogens is 3. The minimum atomic E-state index is 0.0280. The maximum absolute atomic E-state index is 11.6. The van der Waals surface area contributed by atoms with E-state index in [-0.39, 0.29) is 5.78 Å². The summed E-state index contributed by atoms with van der Waals surface area (Å²) < 4.78 is 7.85. The van der Waals surface area contributed by atoms with Crippen LogP contribution in [0.2, 0.25) is 5.02 Å². The van der Waals surface area contributed by atoms with Gasteiger partial charge in [-0.15, -0.1) is 0 Å². The minimum absolute atomic E-state index is 0.0280. The van der Waals surface area contributed by atoms with Crippen LogP contribution < -0.4 is 4.74 Å². The van der Waals surface area contributed by atoms with Gasteiger partial charge in [-0.3, -0.25) is 4.79 Å². The van der Waals surface area contributed by atoms with E-state index < -0.39 is 0 Å². The van der Waals surface area contributed by atoms with Gasteiger partial charge in [-0.1, -0.05) is 95.3 Å². The summed E-state index contributed by atoms with van der Waals surface area (Å²) in [4.78, 5) is 11.6. The normalized spacial score (nSPS) is 10.7. The van der Waals surface area contributed by atoms with Gasteiger partial charge in [-0.05, 0) is 67.6 Å². The van der Waals surface area contributed by atoms with E-state index in [0.29, 0.717) is 28.5 Å². The molecule has 0 amide bonds. The van der Waals surface area contributed by atoms with Crippen molar-refractivity contribution in [2.45, 2.75) is 66.7 Å². The first-order valence-corrected chi connectivity index (χ1v) is 12.9. The Bertz CT molecular complexity index is 831. The van der Waals surface area contributed by atoms with Gasteiger partial charge in [0.1, 0.15) is 11.5 Å². The van der Waals surface area contributed by atoms with E-state index in [2.05, 4.69) is 57.9 Å². The quantitative estimate of drug-likeness (QED) is 0.227. The fraction of sp³-hybridized carbons (Fsp3) is 0.370. The van der Waals surface area contributed by atoms with E-state index in [1.165, 1.54) is 30.2 Å². The monoisotopic (exact) mass is 584 g/mol. The molecule has 0 heterocycles. The minimum Gasteiger partial charge on any atom is -0.457 e. The number of allylic oxidation sites excluding steroid dienone is 4. The van der Waals surface area contributed by atoms with Gasteiger partial charge in [0.2, 0.25) is 0 Å². The maximum Gasteiger partial charge on any atom is 0.164 e. The van der Waals surface area contributed by atoms with Crippen molar-refractivity contribution in [1.29, 1.82) is 0 Å². The van der Waals surface area contributed by atoms with Crippen LogP contribution in [0.5, 0.6) is 11.5 Å². The van der Waals surface area contributed by atoms with E-state index >= 15 is 0 Å². The summed E-state index contributed by atoms with van der Waals surface area (Å²) in [6.45, 7) is 10.2. The number of ether oxygens (including phenoxy) is 1. The number of Topliss-reactive ketones (excluding diaryl/α,β-unsaturated/α-hetero) is 1. The molecule has 2 nitrogen and oxygen atoms in total. The highest BCUT2D eigenvalue weighted by Crippen LogP contribution is 2.28. The van der Waals surface area contributed by atoms with Gasteiger partial charge in [0.25, 0.3) is 0 Å². The van der Waals surface area contributed by atoms with Crippen molar-refractivity contribution in [3.8, 4) is 11.5 Å². The lowest BCUT2D eigenvalue weighted by Crippen LogP contribution is -1.97. The van der Waals surface area contributed by atoms with Crippen molar-refractivity contribution in [3.63, 3.8) is 0 Å². The number of rotatable bonds is 8. The van der Waals surface area contributed by atoms with Crippen LogP contribution in [-0.4, -0.2) is 5.78 Å². The summed E-state index contributed by atoms with van der Waals surface area (Å²) in [5.74, 6) is 1.36. The van der Waals surface area contributed by atoms with E-state index in [9.17, 15) is 4.79 Å². The molecule has 0 aliphatic carbocycles. The molecule has 0 saturated carbocycles. The van der Waals surface area contributed by atoms with Crippen molar-refractivity contribution >= 4 is 49.2 Å². The van der Waals surface area contributed by atoms with Crippen molar-refractivity contribution in [2.75, 3.05) is 0 Å². The van der Waals surface area contributed by atoms with Gasteiger partial charge in [-0.2, -0.15) is 0 Å². The Labute approximate surface area is 216 Å². The highest BCUT2D eigenvalue weighted by molar-refractivity contribution is 9.11. The third kappa shape index (κ3) is 14.7. The van der Waals surface area contributed by atoms with Crippen LogP contribution in [-0.2, 0) is 0 Å². The number of hydrogen-bond acceptors (Lipinski definition) is 2. The summed E-state index contributed by atoms with van der Waals surface area (Å²) >= 11 is 12.7. The van der Waals surface area contributed by atoms with Crippen molar-refractivity contribution in [2.24, 2.45) is 0 Å². The molecule has 2 aromatic rings. The first kappa shape index (κ1) is 30.6. The molecule has 0 aliphatic heterocycles. The second kappa shape index (κ2) is 19.1. The van der Waals surface area contributed by atoms with Crippen LogP contribution in [0.3, 0.4) is 0 Å². The molecule has 2 aromatic carbocycles. The third-order valence-corrected chi connectivity index (χ3v) is 5.39. The number of carbonyl (C=O) groups is 1. The molecule has 0 atom stereocenters. The van der Waals surface area contributed by atoms with Crippen molar-refractivity contribution in [3.05, 3.63) is 80.2 Å². The molecular weight excluding hydrogens is 552 g/mol. The molecule has 32 heavy (non-hydrogen) atoms. The van der Waals surface area contributed by atoms with E-state index in [4.69, 9.17) is 16.3 Å². The second-order valence-electron chi connectivity index (χ2n) is 6.90. The Morgan fingerprint density at radius 1 is 0.969 bits per heavy atom. The molecule has 0 spiro atoms. The van der Waals surface area contributed by atoms with E-state index in [1.54, 1.807) is 18.2 Å². The number of benzene rings is 2. The van der Waals surface area contributed by atoms with Crippen LogP contribution in [0, 0.1) is 0 Å². The fourth-order valence-corrected chi connectivity index (χ4v) is 2.72. The fourth-order valence-electron chi connectivity index (χ4n) is 2.18. The molecule has 0 N–H and O–H groups in total. The predicted molar refractivity (Wildman–Crippen MR) is 148 cm³/mol. The molecule has 0 fully saturated rings. The number of unbranched alkanes of at least 4 members (excludes halogenated alkanes) is 2. The molecule has 176 valence electrons. The number of hydrogen-bond donors (Lipinski definition) is 0. The molecule has 0 saturated heterocycles. The highest BCUT2D eigenvalue weighted by Gasteiger charge is 2.09. The molecular formula is C27H35Br2ClO2. The molecule has 2 rings (SSSR count). The summed E-state index contributed by atoms with van der Waals surface area (Å²) in [7, 11) is 0. The first-order chi connectivity index (χ1) is 15.3. The zero-order valence-corrected chi connectivity index (χ0v) is 23.7. The van der Waals surface area contributed by atoms with Gasteiger partial charge < -0.3 is 4.74 Å². The second-order valence-corrected chi connectivity index (χ2v) is 9.47. The van der Waals surface area contributed by atoms with Crippen molar-refractivity contribution in [1.82, 2.24) is 0 Å². The van der Waals surface area contributed by atoms with Gasteiger partial charge >= 0.3 is 0 Å².